The van der Waals surface area contributed by atoms with Gasteiger partial charge in [-0.25, -0.2) is 4.79 Å². The van der Waals surface area contributed by atoms with Crippen LogP contribution < -0.4 is 16.8 Å². The number of rotatable bonds is 12. The van der Waals surface area contributed by atoms with Gasteiger partial charge in [0, 0.05) is 109 Å². The van der Waals surface area contributed by atoms with Crippen LogP contribution >= 0.6 is 69.6 Å². The highest BCUT2D eigenvalue weighted by Crippen LogP contribution is 2.32. The summed E-state index contributed by atoms with van der Waals surface area (Å²) in [5, 5.41) is 2.98. The highest BCUT2D eigenvalue weighted by atomic mass is 35.5. The molecule has 0 saturated heterocycles. The average Bonchev–Trinajstić information content (AvgIpc) is 4.06. The smallest absolute Gasteiger partial charge is 0.407 e. The zero-order chi connectivity index (χ0) is 44.3. The summed E-state index contributed by atoms with van der Waals surface area (Å²) in [5.41, 5.74) is 18.4. The molecule has 6 aromatic heterocycles. The summed E-state index contributed by atoms with van der Waals surface area (Å²) >= 11 is 14.7. The van der Waals surface area contributed by atoms with Crippen LogP contribution in [0, 0.1) is 0 Å². The van der Waals surface area contributed by atoms with Crippen molar-refractivity contribution in [2.75, 3.05) is 18.6 Å². The summed E-state index contributed by atoms with van der Waals surface area (Å²) in [6.45, 7) is 19.4. The number of thiophene rings is 3. The van der Waals surface area contributed by atoms with Crippen LogP contribution in [0.2, 0.25) is 0 Å². The molecule has 0 aliphatic rings. The normalized spacial score (nSPS) is 10.2. The number of nitrogens with zero attached hydrogens (tertiary/aromatic N) is 3. The van der Waals surface area contributed by atoms with Crippen LogP contribution in [0.5, 0.6) is 0 Å². The summed E-state index contributed by atoms with van der Waals surface area (Å²) in [7, 11) is 0. The molecule has 0 unspecified atom stereocenters. The Morgan fingerprint density at radius 3 is 1.25 bits per heavy atom. The fourth-order valence-electron chi connectivity index (χ4n) is 5.42. The first-order valence-corrected chi connectivity index (χ1v) is 23.6. The predicted octanol–water partition coefficient (Wildman–Crippen LogP) is 12.9. The van der Waals surface area contributed by atoms with Crippen LogP contribution in [0.3, 0.4) is 0 Å². The van der Waals surface area contributed by atoms with E-state index in [1.165, 1.54) is 57.8 Å². The Morgan fingerprint density at radius 1 is 0.623 bits per heavy atom. The molecule has 0 fully saturated rings. The van der Waals surface area contributed by atoms with E-state index in [2.05, 4.69) is 83.5 Å². The molecule has 0 aliphatic heterocycles. The number of halogens is 3. The van der Waals surface area contributed by atoms with Crippen molar-refractivity contribution in [3.63, 3.8) is 0 Å². The van der Waals surface area contributed by atoms with Gasteiger partial charge in [-0.2, -0.15) is 0 Å². The number of carbonyl (C=O) groups is 1. The van der Waals surface area contributed by atoms with Crippen molar-refractivity contribution in [1.29, 1.82) is 0 Å². The van der Waals surface area contributed by atoms with Crippen molar-refractivity contribution in [2.24, 2.45) is 11.5 Å². The molecule has 0 aliphatic carbocycles. The largest absolute Gasteiger partial charge is 0.444 e. The molecule has 6 heterocycles. The third kappa shape index (κ3) is 20.5. The monoisotopic (exact) mass is 948 g/mol. The second-order valence-electron chi connectivity index (χ2n) is 13.6. The number of amides is 1. The highest BCUT2D eigenvalue weighted by molar-refractivity contribution is 7.16. The fraction of sp³-hybridized carbons (Fsp3) is 0.391. The minimum atomic E-state index is -0.476. The fourth-order valence-corrected chi connectivity index (χ4v) is 8.28. The third-order valence-corrected chi connectivity index (χ3v) is 11.7. The van der Waals surface area contributed by atoms with Crippen molar-refractivity contribution in [1.82, 2.24) is 20.3 Å². The number of nitrogens with one attached hydrogen (secondary N) is 1. The van der Waals surface area contributed by atoms with Crippen LogP contribution in [0.25, 0.3) is 31.3 Å². The molecule has 0 aromatic carbocycles. The van der Waals surface area contributed by atoms with Gasteiger partial charge in [0.25, 0.3) is 0 Å². The van der Waals surface area contributed by atoms with Gasteiger partial charge in [0.05, 0.1) is 11.9 Å². The Balaban J connectivity index is 0.000000424. The van der Waals surface area contributed by atoms with Crippen molar-refractivity contribution in [3.8, 4) is 31.3 Å². The zero-order valence-corrected chi connectivity index (χ0v) is 41.4. The summed E-state index contributed by atoms with van der Waals surface area (Å²) in [4.78, 5) is 31.5. The lowest BCUT2D eigenvalue weighted by atomic mass is 10.1. The number of aryl methyl sites for hydroxylation is 3. The Bertz CT molecular complexity index is 2000. The maximum atomic E-state index is 11.7. The SMILES string of the molecule is CCOCC.CCc1ccncc1-c1ccc(CN)s1.CCc1ccncc1-c1ccc(CN)s1.CCc1ccncc1-c1ccc(CNC(=O)OC(C)(C)C)s1.Cl.ClCCl. The maximum absolute atomic E-state index is 11.7. The predicted molar refractivity (Wildman–Crippen MR) is 266 cm³/mol. The standard InChI is InChI=1S/C17H22N2O2S.2C12H14N2S.C4H10O.CH2Cl2.ClH/c1-5-12-8-9-18-11-14(12)15-7-6-13(22-15)10-19-16(20)21-17(2,3)4;2*1-2-9-5-6-14-8-11(9)12-4-3-10(7-13)15-12;1-3-5-4-2;2-1-3;/h6-9,11H,5,10H2,1-4H3,(H,19,20);2*3-6,8H,2,7,13H2,1H3;3-4H2,1-2H3;1H2;1H. The van der Waals surface area contributed by atoms with Gasteiger partial charge in [-0.15, -0.1) is 69.6 Å². The summed E-state index contributed by atoms with van der Waals surface area (Å²) in [5.74, 6) is 0. The topological polar surface area (TPSA) is 138 Å². The number of alkyl carbamates (subject to hydrolysis) is 1. The lowest BCUT2D eigenvalue weighted by Gasteiger charge is -2.19. The summed E-state index contributed by atoms with van der Waals surface area (Å²) in [6, 6.07) is 18.8. The molecule has 1 amide bonds. The van der Waals surface area contributed by atoms with E-state index in [1.54, 1.807) is 34.0 Å². The quantitative estimate of drug-likeness (QED) is 0.103. The van der Waals surface area contributed by atoms with E-state index >= 15 is 0 Å². The average molecular weight is 951 g/mol. The lowest BCUT2D eigenvalue weighted by Crippen LogP contribution is -2.31. The molecule has 0 radical (unpaired) electrons. The summed E-state index contributed by atoms with van der Waals surface area (Å²) in [6.07, 6.45) is 13.9. The number of hydrogen-bond acceptors (Lipinski definition) is 11. The Kier molecular flexibility index (Phi) is 28.6. The van der Waals surface area contributed by atoms with Crippen LogP contribution in [-0.2, 0) is 48.4 Å². The molecule has 61 heavy (non-hydrogen) atoms. The highest BCUT2D eigenvalue weighted by Gasteiger charge is 2.16. The molecule has 0 atom stereocenters. The van der Waals surface area contributed by atoms with Gasteiger partial charge in [0.15, 0.2) is 0 Å². The second-order valence-corrected chi connectivity index (χ2v) is 17.9. The Hall–Kier alpha value is -3.43. The number of pyridine rings is 3. The van der Waals surface area contributed by atoms with Crippen LogP contribution in [0.15, 0.2) is 91.8 Å². The van der Waals surface area contributed by atoms with E-state index in [0.717, 1.165) is 37.4 Å². The van der Waals surface area contributed by atoms with Gasteiger partial charge >= 0.3 is 6.09 Å². The number of alkyl halides is 2. The van der Waals surface area contributed by atoms with E-state index in [4.69, 9.17) is 44.1 Å². The van der Waals surface area contributed by atoms with Gasteiger partial charge in [-0.1, -0.05) is 20.8 Å². The molecule has 0 bridgehead atoms. The Morgan fingerprint density at radius 2 is 0.967 bits per heavy atom. The third-order valence-electron chi connectivity index (χ3n) is 8.27. The first kappa shape index (κ1) is 55.6. The van der Waals surface area contributed by atoms with Gasteiger partial charge in [-0.05, 0) is 125 Å². The van der Waals surface area contributed by atoms with Gasteiger partial charge in [0.1, 0.15) is 5.60 Å². The van der Waals surface area contributed by atoms with E-state index in [0.29, 0.717) is 19.6 Å². The first-order valence-electron chi connectivity index (χ1n) is 20.0. The van der Waals surface area contributed by atoms with Crippen molar-refractivity contribution < 1.29 is 14.3 Å². The number of hydrogen-bond donors (Lipinski definition) is 3. The van der Waals surface area contributed by atoms with E-state index in [1.807, 2.05) is 83.9 Å². The van der Waals surface area contributed by atoms with Crippen molar-refractivity contribution >= 4 is 75.7 Å². The number of aromatic nitrogens is 3. The minimum absolute atomic E-state index is 0. The van der Waals surface area contributed by atoms with E-state index < -0.39 is 11.7 Å². The van der Waals surface area contributed by atoms with Crippen LogP contribution in [-0.4, -0.2) is 45.2 Å². The van der Waals surface area contributed by atoms with Gasteiger partial charge in [-0.3, -0.25) is 15.0 Å². The van der Waals surface area contributed by atoms with Gasteiger partial charge < -0.3 is 26.3 Å². The molecule has 6 rings (SSSR count). The maximum Gasteiger partial charge on any atom is 0.407 e. The molecule has 0 spiro atoms. The van der Waals surface area contributed by atoms with Crippen molar-refractivity contribution in [3.05, 3.63) is 123 Å². The number of carbonyl (C=O) groups excluding carboxylic acids is 1. The van der Waals surface area contributed by atoms with Crippen LogP contribution in [0.4, 0.5) is 4.79 Å². The van der Waals surface area contributed by atoms with Gasteiger partial charge in [0.2, 0.25) is 0 Å². The zero-order valence-electron chi connectivity index (χ0n) is 36.6. The molecule has 15 heteroatoms. The summed E-state index contributed by atoms with van der Waals surface area (Å²) < 4.78 is 10.1. The van der Waals surface area contributed by atoms with E-state index in [-0.39, 0.29) is 17.7 Å². The molecule has 0 saturated carbocycles. The number of ether oxygens (including phenoxy) is 2. The second kappa shape index (κ2) is 31.4. The van der Waals surface area contributed by atoms with E-state index in [9.17, 15) is 4.79 Å². The number of nitrogens with two attached hydrogens (primary N) is 2. The first-order chi connectivity index (χ1) is 28.9. The molecular weight excluding hydrogens is 887 g/mol. The molecule has 6 aromatic rings. The van der Waals surface area contributed by atoms with Crippen molar-refractivity contribution in [2.45, 2.75) is 99.9 Å². The lowest BCUT2D eigenvalue weighted by molar-refractivity contribution is 0.0524. The van der Waals surface area contributed by atoms with Crippen LogP contribution in [0.1, 0.15) is 86.7 Å². The molecule has 9 nitrogen and oxygen atoms in total. The molecule has 334 valence electrons. The molecule has 5 N–H and O–H groups in total. The Labute approximate surface area is 392 Å². The molecular formula is C46H63Cl3N6O3S3. The minimum Gasteiger partial charge on any atom is -0.444 e.